The number of amides is 1. The van der Waals surface area contributed by atoms with Gasteiger partial charge < -0.3 is 29.9 Å². The van der Waals surface area contributed by atoms with Crippen molar-refractivity contribution in [2.24, 2.45) is 5.92 Å². The predicted molar refractivity (Wildman–Crippen MR) is 121 cm³/mol. The van der Waals surface area contributed by atoms with Crippen molar-refractivity contribution >= 4 is 17.1 Å². The molecule has 33 heavy (non-hydrogen) atoms. The first kappa shape index (κ1) is 25.1. The summed E-state index contributed by atoms with van der Waals surface area (Å²) in [5.41, 5.74) is 0.549. The molecule has 3 heterocycles. The number of hydrogen-bond donors (Lipinski definition) is 3. The van der Waals surface area contributed by atoms with Gasteiger partial charge in [0.1, 0.15) is 11.4 Å². The average molecular weight is 465 g/mol. The van der Waals surface area contributed by atoms with Crippen molar-refractivity contribution in [1.29, 1.82) is 0 Å². The first-order chi connectivity index (χ1) is 15.6. The second-order valence-electron chi connectivity index (χ2n) is 9.38. The smallest absolute Gasteiger partial charge is 0.407 e. The summed E-state index contributed by atoms with van der Waals surface area (Å²) in [5.74, 6) is -0.975. The molecule has 0 aliphatic carbocycles. The van der Waals surface area contributed by atoms with Crippen LogP contribution in [-0.2, 0) is 4.74 Å². The van der Waals surface area contributed by atoms with E-state index in [1.54, 1.807) is 32.9 Å². The third-order valence-electron chi connectivity index (χ3n) is 5.68. The van der Waals surface area contributed by atoms with Gasteiger partial charge in [0.05, 0.1) is 37.1 Å². The van der Waals surface area contributed by atoms with Gasteiger partial charge in [0, 0.05) is 49.6 Å². The maximum absolute atomic E-state index is 14.9. The lowest BCUT2D eigenvalue weighted by Crippen LogP contribution is -2.49. The summed E-state index contributed by atoms with van der Waals surface area (Å²) in [5, 5.41) is 23.3. The molecule has 182 valence electrons. The Morgan fingerprint density at radius 2 is 2.15 bits per heavy atom. The molecule has 9 nitrogen and oxygen atoms in total. The molecule has 1 saturated heterocycles. The van der Waals surface area contributed by atoms with Gasteiger partial charge >= 0.3 is 6.09 Å². The molecule has 0 radical (unpaired) electrons. The van der Waals surface area contributed by atoms with E-state index in [1.165, 1.54) is 7.11 Å². The number of pyridine rings is 2. The first-order valence-corrected chi connectivity index (χ1v) is 11.1. The van der Waals surface area contributed by atoms with E-state index < -0.39 is 29.5 Å². The fraction of sp³-hybridized carbons (Fsp3) is 0.609. The molecule has 3 atom stereocenters. The summed E-state index contributed by atoms with van der Waals surface area (Å²) in [4.78, 5) is 22.5. The largest absolute Gasteiger partial charge is 0.481 e. The number of alkyl carbamates (subject to hydrolysis) is 1. The fourth-order valence-corrected chi connectivity index (χ4v) is 4.09. The van der Waals surface area contributed by atoms with E-state index in [-0.39, 0.29) is 24.6 Å². The van der Waals surface area contributed by atoms with E-state index in [0.29, 0.717) is 43.0 Å². The SMILES string of the molecule is COc1ccc2ncc(F)c(C(CO)CN3CC[C@H](O)[C@H](CNC(=O)OC(C)(C)C)C3)c2n1. The second-order valence-corrected chi connectivity index (χ2v) is 9.38. The van der Waals surface area contributed by atoms with Crippen LogP contribution in [0.25, 0.3) is 11.0 Å². The van der Waals surface area contributed by atoms with Crippen LogP contribution in [0.3, 0.4) is 0 Å². The number of methoxy groups -OCH3 is 1. The second kappa shape index (κ2) is 10.6. The van der Waals surface area contributed by atoms with Crippen molar-refractivity contribution in [2.75, 3.05) is 39.9 Å². The van der Waals surface area contributed by atoms with Crippen LogP contribution in [0.4, 0.5) is 9.18 Å². The lowest BCUT2D eigenvalue weighted by atomic mass is 9.92. The van der Waals surface area contributed by atoms with E-state index in [9.17, 15) is 19.4 Å². The zero-order valence-electron chi connectivity index (χ0n) is 19.5. The zero-order chi connectivity index (χ0) is 24.2. The monoisotopic (exact) mass is 464 g/mol. The molecular weight excluding hydrogens is 431 g/mol. The summed E-state index contributed by atoms with van der Waals surface area (Å²) < 4.78 is 25.3. The number of rotatable bonds is 7. The molecule has 3 rings (SSSR count). The van der Waals surface area contributed by atoms with Crippen molar-refractivity contribution in [3.8, 4) is 5.88 Å². The van der Waals surface area contributed by atoms with Gasteiger partial charge in [-0.1, -0.05) is 0 Å². The molecule has 1 unspecified atom stereocenters. The molecule has 0 bridgehead atoms. The fourth-order valence-electron chi connectivity index (χ4n) is 4.09. The Bertz CT molecular complexity index is 968. The maximum Gasteiger partial charge on any atom is 0.407 e. The predicted octanol–water partition coefficient (Wildman–Crippen LogP) is 2.06. The number of likely N-dealkylation sites (tertiary alicyclic amines) is 1. The van der Waals surface area contributed by atoms with Gasteiger partial charge in [-0.15, -0.1) is 0 Å². The van der Waals surface area contributed by atoms with Crippen molar-refractivity contribution in [2.45, 2.75) is 44.8 Å². The number of carbonyl (C=O) groups is 1. The van der Waals surface area contributed by atoms with Crippen LogP contribution in [0, 0.1) is 11.7 Å². The van der Waals surface area contributed by atoms with E-state index in [1.807, 2.05) is 0 Å². The average Bonchev–Trinajstić information content (AvgIpc) is 2.76. The van der Waals surface area contributed by atoms with Crippen molar-refractivity contribution in [3.63, 3.8) is 0 Å². The summed E-state index contributed by atoms with van der Waals surface area (Å²) in [7, 11) is 1.48. The number of nitrogens with zero attached hydrogens (tertiary/aromatic N) is 3. The van der Waals surface area contributed by atoms with Gasteiger partial charge in [-0.3, -0.25) is 4.98 Å². The molecule has 3 N–H and O–H groups in total. The molecule has 1 aliphatic heterocycles. The number of ether oxygens (including phenoxy) is 2. The number of nitrogens with one attached hydrogen (secondary N) is 1. The first-order valence-electron chi connectivity index (χ1n) is 11.1. The topological polar surface area (TPSA) is 117 Å². The summed E-state index contributed by atoms with van der Waals surface area (Å²) >= 11 is 0. The Kier molecular flexibility index (Phi) is 8.04. The molecule has 0 aromatic carbocycles. The number of fused-ring (bicyclic) bond motifs is 1. The molecule has 2 aromatic heterocycles. The number of aliphatic hydroxyl groups excluding tert-OH is 2. The minimum Gasteiger partial charge on any atom is -0.481 e. The molecule has 1 fully saturated rings. The van der Waals surface area contributed by atoms with E-state index in [4.69, 9.17) is 9.47 Å². The van der Waals surface area contributed by atoms with E-state index in [0.717, 1.165) is 6.20 Å². The summed E-state index contributed by atoms with van der Waals surface area (Å²) in [6.45, 7) is 6.75. The van der Waals surface area contributed by atoms with E-state index in [2.05, 4.69) is 20.2 Å². The number of halogens is 1. The lowest BCUT2D eigenvalue weighted by Gasteiger charge is -2.38. The van der Waals surface area contributed by atoms with Crippen molar-refractivity contribution < 1.29 is 28.9 Å². The van der Waals surface area contributed by atoms with Crippen LogP contribution >= 0.6 is 0 Å². The minimum atomic E-state index is -0.607. The highest BCUT2D eigenvalue weighted by molar-refractivity contribution is 5.79. The number of aliphatic hydroxyl groups is 2. The van der Waals surface area contributed by atoms with Gasteiger partial charge in [-0.05, 0) is 33.3 Å². The Labute approximate surface area is 192 Å². The highest BCUT2D eigenvalue weighted by Crippen LogP contribution is 2.29. The van der Waals surface area contributed by atoms with Crippen LogP contribution < -0.4 is 10.1 Å². The third-order valence-corrected chi connectivity index (χ3v) is 5.68. The highest BCUT2D eigenvalue weighted by atomic mass is 19.1. The molecule has 10 heteroatoms. The Morgan fingerprint density at radius 1 is 1.39 bits per heavy atom. The van der Waals surface area contributed by atoms with E-state index >= 15 is 0 Å². The Hall–Kier alpha value is -2.56. The normalized spacial score (nSPS) is 20.5. The molecular formula is C23H33FN4O5. The van der Waals surface area contributed by atoms with Gasteiger partial charge in [0.25, 0.3) is 0 Å². The highest BCUT2D eigenvalue weighted by Gasteiger charge is 2.31. The molecule has 2 aromatic rings. The lowest BCUT2D eigenvalue weighted by molar-refractivity contribution is 0.0177. The Morgan fingerprint density at radius 3 is 2.82 bits per heavy atom. The summed E-state index contributed by atoms with van der Waals surface area (Å²) in [6.07, 6.45) is 0.533. The Balaban J connectivity index is 1.72. The number of carbonyl (C=O) groups excluding carboxylic acids is 1. The summed E-state index contributed by atoms with van der Waals surface area (Å²) in [6, 6.07) is 3.35. The number of piperidine rings is 1. The van der Waals surface area contributed by atoms with Gasteiger partial charge in [-0.25, -0.2) is 14.2 Å². The third kappa shape index (κ3) is 6.49. The minimum absolute atomic E-state index is 0.220. The van der Waals surface area contributed by atoms with Crippen LogP contribution in [0.5, 0.6) is 5.88 Å². The number of hydrogen-bond acceptors (Lipinski definition) is 8. The quantitative estimate of drug-likeness (QED) is 0.570. The molecule has 1 aliphatic rings. The van der Waals surface area contributed by atoms with Crippen LogP contribution in [0.2, 0.25) is 0 Å². The van der Waals surface area contributed by atoms with Crippen LogP contribution in [0.1, 0.15) is 38.7 Å². The van der Waals surface area contributed by atoms with Gasteiger partial charge in [0.15, 0.2) is 0 Å². The van der Waals surface area contributed by atoms with Crippen molar-refractivity contribution in [3.05, 3.63) is 29.7 Å². The molecule has 0 spiro atoms. The van der Waals surface area contributed by atoms with Gasteiger partial charge in [0.2, 0.25) is 5.88 Å². The van der Waals surface area contributed by atoms with Gasteiger partial charge in [-0.2, -0.15) is 0 Å². The molecule has 1 amide bonds. The van der Waals surface area contributed by atoms with Crippen LogP contribution in [-0.4, -0.2) is 82.8 Å². The van der Waals surface area contributed by atoms with Crippen molar-refractivity contribution in [1.82, 2.24) is 20.2 Å². The van der Waals surface area contributed by atoms with Crippen LogP contribution in [0.15, 0.2) is 18.3 Å². The maximum atomic E-state index is 14.9. The standard InChI is InChI=1S/C23H33FN4O5/c1-23(2,3)33-22(31)26-9-14-11-28(8-7-18(14)30)12-15(13-29)20-16(24)10-25-17-5-6-19(32-4)27-21(17)20/h5-6,10,14-15,18,29-30H,7-9,11-13H2,1-4H3,(H,26,31)/t14-,15?,18+/m1/s1. The molecule has 0 saturated carbocycles. The zero-order valence-corrected chi connectivity index (χ0v) is 19.5. The number of aromatic nitrogens is 2.